The average molecular weight is 407 g/mol. The summed E-state index contributed by atoms with van der Waals surface area (Å²) < 4.78 is 9.91. The van der Waals surface area contributed by atoms with Crippen LogP contribution in [0.3, 0.4) is 0 Å². The minimum atomic E-state index is -2.08. The van der Waals surface area contributed by atoms with Crippen molar-refractivity contribution in [1.29, 1.82) is 0 Å². The van der Waals surface area contributed by atoms with E-state index in [0.717, 1.165) is 12.8 Å². The van der Waals surface area contributed by atoms with Gasteiger partial charge in [-0.25, -0.2) is 9.59 Å². The van der Waals surface area contributed by atoms with E-state index in [1.54, 1.807) is 0 Å². The van der Waals surface area contributed by atoms with Crippen LogP contribution < -0.4 is 0 Å². The molecule has 0 bridgehead atoms. The molecule has 8 heteroatoms. The summed E-state index contributed by atoms with van der Waals surface area (Å²) in [6, 6.07) is 0. The number of carbonyl (C=O) groups is 2. The molecule has 0 fully saturated rings. The molecule has 0 heterocycles. The van der Waals surface area contributed by atoms with Crippen LogP contribution >= 0.6 is 0 Å². The third-order valence-electron chi connectivity index (χ3n) is 4.97. The van der Waals surface area contributed by atoms with Gasteiger partial charge in [-0.2, -0.15) is 0 Å². The highest BCUT2D eigenvalue weighted by Crippen LogP contribution is 2.16. The van der Waals surface area contributed by atoms with Crippen LogP contribution in [0.2, 0.25) is 0 Å². The van der Waals surface area contributed by atoms with Gasteiger partial charge in [0.15, 0.2) is 12.2 Å². The lowest BCUT2D eigenvalue weighted by molar-refractivity contribution is -0.175. The van der Waals surface area contributed by atoms with E-state index < -0.39 is 36.4 Å². The van der Waals surface area contributed by atoms with Gasteiger partial charge in [0.25, 0.3) is 0 Å². The predicted molar refractivity (Wildman–Crippen MR) is 103 cm³/mol. The number of aliphatic hydroxyl groups is 4. The zero-order valence-corrected chi connectivity index (χ0v) is 17.5. The van der Waals surface area contributed by atoms with Gasteiger partial charge in [-0.3, -0.25) is 0 Å². The molecule has 0 rings (SSSR count). The van der Waals surface area contributed by atoms with Gasteiger partial charge in [-0.05, 0) is 25.7 Å². The Morgan fingerprint density at radius 2 is 1.00 bits per heavy atom. The van der Waals surface area contributed by atoms with Crippen molar-refractivity contribution in [3.63, 3.8) is 0 Å². The van der Waals surface area contributed by atoms with Crippen molar-refractivity contribution in [2.45, 2.75) is 90.6 Å². The van der Waals surface area contributed by atoms with Crippen LogP contribution in [0.4, 0.5) is 0 Å². The second-order valence-electron chi connectivity index (χ2n) is 7.20. The van der Waals surface area contributed by atoms with Crippen LogP contribution in [-0.4, -0.2) is 70.0 Å². The van der Waals surface area contributed by atoms with Crippen molar-refractivity contribution < 1.29 is 39.5 Å². The minimum absolute atomic E-state index is 0.115. The highest BCUT2D eigenvalue weighted by atomic mass is 16.6. The van der Waals surface area contributed by atoms with Gasteiger partial charge in [-0.15, -0.1) is 0 Å². The molecule has 0 aromatic heterocycles. The van der Waals surface area contributed by atoms with Crippen LogP contribution in [-0.2, 0) is 19.1 Å². The first-order valence-electron chi connectivity index (χ1n) is 10.3. The lowest BCUT2D eigenvalue weighted by Gasteiger charge is -2.23. The Balaban J connectivity index is 4.55. The van der Waals surface area contributed by atoms with E-state index in [0.29, 0.717) is 25.7 Å². The minimum Gasteiger partial charge on any atom is -0.463 e. The van der Waals surface area contributed by atoms with Gasteiger partial charge in [0, 0.05) is 11.8 Å². The van der Waals surface area contributed by atoms with Crippen molar-refractivity contribution in [3.05, 3.63) is 0 Å². The summed E-state index contributed by atoms with van der Waals surface area (Å²) in [6.45, 7) is 7.32. The molecule has 0 spiro atoms. The van der Waals surface area contributed by atoms with Gasteiger partial charge in [0.2, 0.25) is 0 Å². The summed E-state index contributed by atoms with van der Waals surface area (Å²) in [5.41, 5.74) is 0. The highest BCUT2D eigenvalue weighted by molar-refractivity contribution is 5.85. The molecule has 166 valence electrons. The van der Waals surface area contributed by atoms with E-state index in [2.05, 4.69) is 0 Å². The largest absolute Gasteiger partial charge is 0.463 e. The zero-order valence-electron chi connectivity index (χ0n) is 17.5. The van der Waals surface area contributed by atoms with Crippen molar-refractivity contribution >= 4 is 11.9 Å². The first-order chi connectivity index (χ1) is 13.2. The molecule has 4 N–H and O–H groups in total. The van der Waals surface area contributed by atoms with Crippen LogP contribution in [0.5, 0.6) is 0 Å². The molecule has 0 saturated carbocycles. The van der Waals surface area contributed by atoms with E-state index in [4.69, 9.17) is 9.47 Å². The molecule has 0 amide bonds. The van der Waals surface area contributed by atoms with Crippen LogP contribution in [0.25, 0.3) is 0 Å². The number of ether oxygens (including phenoxy) is 2. The van der Waals surface area contributed by atoms with Crippen molar-refractivity contribution in [2.75, 3.05) is 13.2 Å². The first-order valence-corrected chi connectivity index (χ1v) is 10.3. The summed E-state index contributed by atoms with van der Waals surface area (Å²) in [7, 11) is 0. The van der Waals surface area contributed by atoms with Crippen molar-refractivity contribution in [1.82, 2.24) is 0 Å². The quantitative estimate of drug-likeness (QED) is 0.298. The topological polar surface area (TPSA) is 134 Å². The van der Waals surface area contributed by atoms with Gasteiger partial charge in [-0.1, -0.05) is 40.5 Å². The van der Waals surface area contributed by atoms with E-state index in [1.165, 1.54) is 0 Å². The summed E-state index contributed by atoms with van der Waals surface area (Å²) >= 11 is 0. The first kappa shape index (κ1) is 26.8. The molecule has 0 aliphatic rings. The molecule has 6 atom stereocenters. The number of aliphatic hydroxyl groups excluding tert-OH is 4. The Morgan fingerprint density at radius 1 is 0.679 bits per heavy atom. The molecular formula is C20H38O8. The second kappa shape index (κ2) is 14.7. The number of carbonyl (C=O) groups excluding carboxylic acids is 2. The Bertz CT molecular complexity index is 402. The fraction of sp³-hybridized carbons (Fsp3) is 0.900. The fourth-order valence-electron chi connectivity index (χ4n) is 2.87. The van der Waals surface area contributed by atoms with Crippen LogP contribution in [0.1, 0.15) is 66.2 Å². The lowest BCUT2D eigenvalue weighted by atomic mass is 9.97. The van der Waals surface area contributed by atoms with Gasteiger partial charge in [0.05, 0.1) is 25.4 Å². The number of hydrogen-bond acceptors (Lipinski definition) is 8. The maximum Gasteiger partial charge on any atom is 0.338 e. The maximum atomic E-state index is 11.9. The standard InChI is InChI=1S/C20H38O8/c1-5-9-15(21)13(7-3)11-27-19(25)17(23)18(24)20(26)28-12-14(8-4)16(22)10-6-2/h13-18,21-24H,5-12H2,1-4H3. The van der Waals surface area contributed by atoms with Crippen LogP contribution in [0, 0.1) is 11.8 Å². The number of rotatable bonds is 15. The Morgan fingerprint density at radius 3 is 1.25 bits per heavy atom. The summed E-state index contributed by atoms with van der Waals surface area (Å²) in [5, 5.41) is 39.7. The second-order valence-corrected chi connectivity index (χ2v) is 7.20. The van der Waals surface area contributed by atoms with Gasteiger partial charge >= 0.3 is 11.9 Å². The molecule has 0 radical (unpaired) electrons. The predicted octanol–water partition coefficient (Wildman–Crippen LogP) is 1.17. The van der Waals surface area contributed by atoms with E-state index in [-0.39, 0.29) is 25.0 Å². The molecule has 8 nitrogen and oxygen atoms in total. The normalized spacial score (nSPS) is 17.9. The van der Waals surface area contributed by atoms with Gasteiger partial charge in [0.1, 0.15) is 0 Å². The third-order valence-corrected chi connectivity index (χ3v) is 4.97. The van der Waals surface area contributed by atoms with Crippen molar-refractivity contribution in [2.24, 2.45) is 11.8 Å². The highest BCUT2D eigenvalue weighted by Gasteiger charge is 2.34. The zero-order chi connectivity index (χ0) is 21.7. The molecular weight excluding hydrogens is 368 g/mol. The van der Waals surface area contributed by atoms with Crippen LogP contribution in [0.15, 0.2) is 0 Å². The summed E-state index contributed by atoms with van der Waals surface area (Å²) in [6.07, 6.45) is -1.56. The molecule has 0 aliphatic heterocycles. The maximum absolute atomic E-state index is 11.9. The molecule has 0 aromatic carbocycles. The molecule has 28 heavy (non-hydrogen) atoms. The number of hydrogen-bond donors (Lipinski definition) is 4. The summed E-state index contributed by atoms with van der Waals surface area (Å²) in [4.78, 5) is 23.8. The smallest absolute Gasteiger partial charge is 0.338 e. The van der Waals surface area contributed by atoms with Gasteiger partial charge < -0.3 is 29.9 Å². The Kier molecular flexibility index (Phi) is 14.1. The molecule has 0 aliphatic carbocycles. The van der Waals surface area contributed by atoms with E-state index >= 15 is 0 Å². The molecule has 6 unspecified atom stereocenters. The monoisotopic (exact) mass is 406 g/mol. The van der Waals surface area contributed by atoms with E-state index in [1.807, 2.05) is 27.7 Å². The van der Waals surface area contributed by atoms with Crippen molar-refractivity contribution in [3.8, 4) is 0 Å². The third kappa shape index (κ3) is 9.32. The summed E-state index contributed by atoms with van der Waals surface area (Å²) in [5.74, 6) is -2.87. The SMILES string of the molecule is CCCC(O)C(CC)COC(=O)C(O)C(O)C(=O)OCC(CC)C(O)CCC. The molecule has 0 saturated heterocycles. The average Bonchev–Trinajstić information content (AvgIpc) is 2.67. The lowest BCUT2D eigenvalue weighted by Crippen LogP contribution is -2.43. The van der Waals surface area contributed by atoms with E-state index in [9.17, 15) is 30.0 Å². The fourth-order valence-corrected chi connectivity index (χ4v) is 2.87. The number of esters is 2. The molecule has 0 aromatic rings. The Hall–Kier alpha value is -1.22. The Labute approximate surface area is 167 Å².